The zero-order chi connectivity index (χ0) is 21.0. The van der Waals surface area contributed by atoms with E-state index < -0.39 is 5.97 Å². The van der Waals surface area contributed by atoms with Crippen LogP contribution in [-0.4, -0.2) is 39.5 Å². The quantitative estimate of drug-likeness (QED) is 0.473. The maximum absolute atomic E-state index is 12.4. The van der Waals surface area contributed by atoms with Gasteiger partial charge in [0, 0.05) is 30.9 Å². The van der Waals surface area contributed by atoms with Gasteiger partial charge in [0.1, 0.15) is 0 Å². The summed E-state index contributed by atoms with van der Waals surface area (Å²) in [5, 5.41) is 7.10. The number of esters is 1. The van der Waals surface area contributed by atoms with Gasteiger partial charge in [-0.2, -0.15) is 5.10 Å². The number of amides is 1. The second-order valence-corrected chi connectivity index (χ2v) is 6.61. The third-order valence-electron chi connectivity index (χ3n) is 4.55. The van der Waals surface area contributed by atoms with Crippen LogP contribution < -0.4 is 5.32 Å². The second-order valence-electron chi connectivity index (χ2n) is 6.61. The Bertz CT molecular complexity index is 1050. The monoisotopic (exact) mass is 394 g/mol. The van der Waals surface area contributed by atoms with Crippen molar-refractivity contribution in [1.29, 1.82) is 0 Å². The van der Waals surface area contributed by atoms with Gasteiger partial charge in [0.25, 0.3) is 0 Å². The summed E-state index contributed by atoms with van der Waals surface area (Å²) in [6.07, 6.45) is 3.44. The van der Waals surface area contributed by atoms with E-state index in [2.05, 4.69) is 15.4 Å². The lowest BCUT2D eigenvalue weighted by Gasteiger charge is -2.05. The molecule has 0 saturated carbocycles. The number of methoxy groups -OCH3 is 1. The van der Waals surface area contributed by atoms with Crippen molar-refractivity contribution < 1.29 is 19.1 Å². The SMILES string of the molecule is COC(=O)c1c(CC(=O)NCc2cnn(-c3ccccc3)c2)[nH]c(C(C)=O)c1C. The lowest BCUT2D eigenvalue weighted by molar-refractivity contribution is -0.120. The van der Waals surface area contributed by atoms with E-state index in [0.29, 0.717) is 23.5 Å². The standard InChI is InChI=1S/C21H22N4O4/c1-13-19(21(28)29-3)17(24-20(13)14(2)26)9-18(27)22-10-15-11-23-25(12-15)16-7-5-4-6-8-16/h4-8,11-12,24H,9-10H2,1-3H3,(H,22,27). The predicted octanol–water partition coefficient (Wildman–Crippen LogP) is 2.36. The highest BCUT2D eigenvalue weighted by molar-refractivity contribution is 6.01. The van der Waals surface area contributed by atoms with Gasteiger partial charge >= 0.3 is 5.97 Å². The minimum absolute atomic E-state index is 0.0780. The second kappa shape index (κ2) is 8.55. The smallest absolute Gasteiger partial charge is 0.339 e. The fourth-order valence-electron chi connectivity index (χ4n) is 3.12. The summed E-state index contributed by atoms with van der Waals surface area (Å²) in [6.45, 7) is 3.34. The van der Waals surface area contributed by atoms with E-state index in [0.717, 1.165) is 11.3 Å². The van der Waals surface area contributed by atoms with Crippen LogP contribution in [0.1, 0.15) is 44.6 Å². The first-order valence-corrected chi connectivity index (χ1v) is 9.07. The number of carbonyl (C=O) groups excluding carboxylic acids is 3. The minimum atomic E-state index is -0.585. The van der Waals surface area contributed by atoms with Crippen LogP contribution in [0.2, 0.25) is 0 Å². The highest BCUT2D eigenvalue weighted by Gasteiger charge is 2.24. The normalized spacial score (nSPS) is 10.6. The minimum Gasteiger partial charge on any atom is -0.465 e. The molecule has 8 nitrogen and oxygen atoms in total. The molecule has 0 bridgehead atoms. The fourth-order valence-corrected chi connectivity index (χ4v) is 3.12. The third-order valence-corrected chi connectivity index (χ3v) is 4.55. The Balaban J connectivity index is 1.69. The Hall–Kier alpha value is -3.68. The Kier molecular flexibility index (Phi) is 5.92. The molecule has 2 aromatic heterocycles. The van der Waals surface area contributed by atoms with Crippen molar-refractivity contribution in [3.05, 3.63) is 70.8 Å². The zero-order valence-corrected chi connectivity index (χ0v) is 16.5. The van der Waals surface area contributed by atoms with Crippen LogP contribution >= 0.6 is 0 Å². The number of nitrogens with one attached hydrogen (secondary N) is 2. The number of nitrogens with zero attached hydrogens (tertiary/aromatic N) is 2. The molecule has 1 amide bonds. The number of H-pyrrole nitrogens is 1. The van der Waals surface area contributed by atoms with E-state index in [1.165, 1.54) is 14.0 Å². The van der Waals surface area contributed by atoms with Gasteiger partial charge in [0.15, 0.2) is 5.78 Å². The number of hydrogen-bond acceptors (Lipinski definition) is 5. The number of ketones is 1. The number of ether oxygens (including phenoxy) is 1. The van der Waals surface area contributed by atoms with Crippen LogP contribution in [0.4, 0.5) is 0 Å². The number of Topliss-reactive ketones (excluding diaryl/α,β-unsaturated/α-hetero) is 1. The molecule has 0 spiro atoms. The van der Waals surface area contributed by atoms with E-state index >= 15 is 0 Å². The van der Waals surface area contributed by atoms with Crippen molar-refractivity contribution in [2.75, 3.05) is 7.11 Å². The number of rotatable bonds is 7. The van der Waals surface area contributed by atoms with Gasteiger partial charge in [-0.1, -0.05) is 18.2 Å². The van der Waals surface area contributed by atoms with Gasteiger partial charge < -0.3 is 15.0 Å². The summed E-state index contributed by atoms with van der Waals surface area (Å²) in [7, 11) is 1.26. The van der Waals surface area contributed by atoms with Crippen LogP contribution in [0.25, 0.3) is 5.69 Å². The molecule has 2 N–H and O–H groups in total. The summed E-state index contributed by atoms with van der Waals surface area (Å²) in [5.41, 5.74) is 3.13. The molecule has 3 rings (SSSR count). The molecule has 1 aromatic carbocycles. The Morgan fingerprint density at radius 3 is 2.59 bits per heavy atom. The first-order valence-electron chi connectivity index (χ1n) is 9.07. The van der Waals surface area contributed by atoms with Crippen molar-refractivity contribution in [1.82, 2.24) is 20.1 Å². The summed E-state index contributed by atoms with van der Waals surface area (Å²) >= 11 is 0. The predicted molar refractivity (Wildman–Crippen MR) is 106 cm³/mol. The molecular formula is C21H22N4O4. The Labute approximate surface area is 167 Å². The molecule has 0 aliphatic heterocycles. The van der Waals surface area contributed by atoms with Gasteiger partial charge in [0.05, 0.1) is 36.7 Å². The van der Waals surface area contributed by atoms with Crippen molar-refractivity contribution in [3.63, 3.8) is 0 Å². The first kappa shape index (κ1) is 20.1. The van der Waals surface area contributed by atoms with Crippen molar-refractivity contribution in [2.45, 2.75) is 26.8 Å². The number of benzene rings is 1. The summed E-state index contributed by atoms with van der Waals surface area (Å²) in [5.74, 6) is -1.09. The molecule has 29 heavy (non-hydrogen) atoms. The van der Waals surface area contributed by atoms with Crippen LogP contribution in [-0.2, 0) is 22.5 Å². The van der Waals surface area contributed by atoms with Crippen LogP contribution in [0, 0.1) is 6.92 Å². The molecule has 2 heterocycles. The maximum Gasteiger partial charge on any atom is 0.339 e. The third kappa shape index (κ3) is 4.43. The molecule has 0 aliphatic rings. The van der Waals surface area contributed by atoms with Crippen molar-refractivity contribution in [3.8, 4) is 5.69 Å². The average Bonchev–Trinajstić information content (AvgIpc) is 3.31. The maximum atomic E-state index is 12.4. The summed E-state index contributed by atoms with van der Waals surface area (Å²) < 4.78 is 6.52. The van der Waals surface area contributed by atoms with Crippen LogP contribution in [0.3, 0.4) is 0 Å². The lowest BCUT2D eigenvalue weighted by Crippen LogP contribution is -2.25. The van der Waals surface area contributed by atoms with Gasteiger partial charge in [-0.25, -0.2) is 9.48 Å². The molecule has 0 radical (unpaired) electrons. The van der Waals surface area contributed by atoms with E-state index in [-0.39, 0.29) is 23.7 Å². The highest BCUT2D eigenvalue weighted by atomic mass is 16.5. The van der Waals surface area contributed by atoms with Gasteiger partial charge in [0.2, 0.25) is 5.91 Å². The van der Waals surface area contributed by atoms with E-state index in [1.807, 2.05) is 36.5 Å². The van der Waals surface area contributed by atoms with Crippen molar-refractivity contribution >= 4 is 17.7 Å². The summed E-state index contributed by atoms with van der Waals surface area (Å²) in [6, 6.07) is 9.64. The number of hydrogen-bond donors (Lipinski definition) is 2. The largest absolute Gasteiger partial charge is 0.465 e. The molecule has 8 heteroatoms. The molecule has 0 saturated heterocycles. The molecule has 0 aliphatic carbocycles. The van der Waals surface area contributed by atoms with Gasteiger partial charge in [-0.15, -0.1) is 0 Å². The Morgan fingerprint density at radius 2 is 1.93 bits per heavy atom. The van der Waals surface area contributed by atoms with E-state index in [9.17, 15) is 14.4 Å². The lowest BCUT2D eigenvalue weighted by atomic mass is 10.1. The van der Waals surface area contributed by atoms with Crippen molar-refractivity contribution in [2.24, 2.45) is 0 Å². The average molecular weight is 394 g/mol. The molecule has 3 aromatic rings. The zero-order valence-electron chi connectivity index (χ0n) is 16.5. The van der Waals surface area contributed by atoms with Crippen LogP contribution in [0.15, 0.2) is 42.7 Å². The van der Waals surface area contributed by atoms with E-state index in [1.54, 1.807) is 17.8 Å². The molecular weight excluding hydrogens is 372 g/mol. The van der Waals surface area contributed by atoms with Crippen LogP contribution in [0.5, 0.6) is 0 Å². The van der Waals surface area contributed by atoms with Gasteiger partial charge in [-0.05, 0) is 24.6 Å². The number of aromatic amines is 1. The summed E-state index contributed by atoms with van der Waals surface area (Å²) in [4.78, 5) is 39.2. The highest BCUT2D eigenvalue weighted by Crippen LogP contribution is 2.20. The fraction of sp³-hybridized carbons (Fsp3) is 0.238. The van der Waals surface area contributed by atoms with E-state index in [4.69, 9.17) is 4.74 Å². The first-order chi connectivity index (χ1) is 13.9. The molecule has 0 atom stereocenters. The number of carbonyl (C=O) groups is 3. The number of aromatic nitrogens is 3. The molecule has 0 unspecified atom stereocenters. The molecule has 150 valence electrons. The molecule has 0 fully saturated rings. The van der Waals surface area contributed by atoms with Gasteiger partial charge in [-0.3, -0.25) is 9.59 Å². The number of para-hydroxylation sites is 1. The Morgan fingerprint density at radius 1 is 1.21 bits per heavy atom. The topological polar surface area (TPSA) is 106 Å².